The maximum Gasteiger partial charge on any atom is 0.338 e. The van der Waals surface area contributed by atoms with Gasteiger partial charge in [0.15, 0.2) is 4.80 Å². The van der Waals surface area contributed by atoms with E-state index in [-0.39, 0.29) is 23.4 Å². The molecule has 2 aromatic carbocycles. The summed E-state index contributed by atoms with van der Waals surface area (Å²) in [6.07, 6.45) is 3.08. The van der Waals surface area contributed by atoms with Gasteiger partial charge in [0, 0.05) is 23.8 Å². The van der Waals surface area contributed by atoms with Gasteiger partial charge in [-0.05, 0) is 24.6 Å². The number of ether oxygens (including phenoxy) is 1. The second-order valence-electron chi connectivity index (χ2n) is 8.39. The average Bonchev–Trinajstić information content (AvgIpc) is 3.51. The molecule has 0 aliphatic carbocycles. The van der Waals surface area contributed by atoms with Crippen LogP contribution in [0.25, 0.3) is 17.4 Å². The predicted octanol–water partition coefficient (Wildman–Crippen LogP) is 4.13. The minimum Gasteiger partial charge on any atom is -0.458 e. The minimum absolute atomic E-state index is 0.0347. The lowest BCUT2D eigenvalue weighted by Crippen LogP contribution is -2.39. The lowest BCUT2D eigenvalue weighted by atomic mass is 9.96. The molecule has 1 atom stereocenters. The van der Waals surface area contributed by atoms with Crippen LogP contribution in [0.2, 0.25) is 0 Å². The maximum atomic E-state index is 13.7. The summed E-state index contributed by atoms with van der Waals surface area (Å²) in [6.45, 7) is 5.34. The average molecular weight is 528 g/mol. The van der Waals surface area contributed by atoms with Crippen molar-refractivity contribution in [2.75, 3.05) is 6.61 Å². The van der Waals surface area contributed by atoms with Gasteiger partial charge in [0.05, 0.1) is 26.8 Å². The Balaban J connectivity index is 1.60. The normalized spacial score (nSPS) is 15.1. The first-order chi connectivity index (χ1) is 18.4. The first kappa shape index (κ1) is 24.8. The molecular formula is C28H21N3O6S. The van der Waals surface area contributed by atoms with Gasteiger partial charge in [0.25, 0.3) is 11.2 Å². The molecule has 0 radical (unpaired) electrons. The number of allylic oxidation sites excluding steroid dienone is 1. The molecule has 0 saturated carbocycles. The molecule has 0 bridgehead atoms. The molecule has 0 N–H and O–H groups in total. The lowest BCUT2D eigenvalue weighted by Gasteiger charge is -2.24. The summed E-state index contributed by atoms with van der Waals surface area (Å²) >= 11 is 1.18. The Morgan fingerprint density at radius 2 is 2.00 bits per heavy atom. The molecule has 1 aliphatic heterocycles. The monoisotopic (exact) mass is 527 g/mol. The fourth-order valence-electron chi connectivity index (χ4n) is 4.23. The van der Waals surface area contributed by atoms with Crippen molar-refractivity contribution in [1.82, 2.24) is 4.57 Å². The Kier molecular flexibility index (Phi) is 6.71. The van der Waals surface area contributed by atoms with Gasteiger partial charge in [-0.25, -0.2) is 9.79 Å². The van der Waals surface area contributed by atoms with E-state index in [0.29, 0.717) is 32.1 Å². The highest BCUT2D eigenvalue weighted by Gasteiger charge is 2.33. The number of carbonyl (C=O) groups is 1. The molecule has 38 heavy (non-hydrogen) atoms. The molecule has 2 aromatic heterocycles. The molecule has 4 aromatic rings. The molecule has 0 spiro atoms. The second-order valence-corrected chi connectivity index (χ2v) is 9.40. The van der Waals surface area contributed by atoms with Crippen molar-refractivity contribution >= 4 is 29.1 Å². The second kappa shape index (κ2) is 10.3. The zero-order chi connectivity index (χ0) is 26.8. The summed E-state index contributed by atoms with van der Waals surface area (Å²) in [5.41, 5.74) is 1.65. The van der Waals surface area contributed by atoms with E-state index < -0.39 is 16.9 Å². The first-order valence-corrected chi connectivity index (χ1v) is 12.4. The Bertz CT molecular complexity index is 1780. The summed E-state index contributed by atoms with van der Waals surface area (Å²) in [6, 6.07) is 18.0. The topological polar surface area (TPSA) is 117 Å². The van der Waals surface area contributed by atoms with E-state index in [1.165, 1.54) is 34.1 Å². The summed E-state index contributed by atoms with van der Waals surface area (Å²) in [7, 11) is 0. The molecule has 190 valence electrons. The first-order valence-electron chi connectivity index (χ1n) is 11.6. The third kappa shape index (κ3) is 4.64. The number of benzene rings is 2. The van der Waals surface area contributed by atoms with E-state index in [4.69, 9.17) is 9.15 Å². The van der Waals surface area contributed by atoms with Gasteiger partial charge in [-0.2, -0.15) is 0 Å². The van der Waals surface area contributed by atoms with Gasteiger partial charge in [-0.15, -0.1) is 0 Å². The number of furan rings is 1. The fourth-order valence-corrected chi connectivity index (χ4v) is 5.26. The van der Waals surface area contributed by atoms with E-state index in [0.717, 1.165) is 5.56 Å². The number of nitrogens with zero attached hydrogens (tertiary/aromatic N) is 3. The number of nitro benzene ring substituents is 1. The Morgan fingerprint density at radius 3 is 2.74 bits per heavy atom. The molecule has 10 heteroatoms. The van der Waals surface area contributed by atoms with Crippen molar-refractivity contribution in [2.45, 2.75) is 13.0 Å². The van der Waals surface area contributed by atoms with E-state index in [2.05, 4.69) is 11.6 Å². The fraction of sp³-hybridized carbons (Fsp3) is 0.107. The largest absolute Gasteiger partial charge is 0.458 e. The summed E-state index contributed by atoms with van der Waals surface area (Å²) in [5.74, 6) is 0.259. The highest BCUT2D eigenvalue weighted by atomic mass is 32.1. The van der Waals surface area contributed by atoms with E-state index in [9.17, 15) is 19.7 Å². The molecule has 5 rings (SSSR count). The molecular weight excluding hydrogens is 506 g/mol. The smallest absolute Gasteiger partial charge is 0.338 e. The molecule has 3 heterocycles. The van der Waals surface area contributed by atoms with E-state index >= 15 is 0 Å². The predicted molar refractivity (Wildman–Crippen MR) is 142 cm³/mol. The van der Waals surface area contributed by atoms with Crippen LogP contribution in [0.4, 0.5) is 5.69 Å². The van der Waals surface area contributed by atoms with Crippen LogP contribution in [0.1, 0.15) is 24.3 Å². The van der Waals surface area contributed by atoms with E-state index in [1.54, 1.807) is 37.3 Å². The zero-order valence-electron chi connectivity index (χ0n) is 20.2. The number of thiazole rings is 1. The molecule has 1 aliphatic rings. The molecule has 0 amide bonds. The summed E-state index contributed by atoms with van der Waals surface area (Å²) in [5, 5.41) is 11.1. The molecule has 0 saturated heterocycles. The van der Waals surface area contributed by atoms with Crippen LogP contribution < -0.4 is 14.9 Å². The van der Waals surface area contributed by atoms with Crippen LogP contribution in [0.15, 0.2) is 105 Å². The van der Waals surface area contributed by atoms with Gasteiger partial charge >= 0.3 is 5.97 Å². The number of hydrogen-bond acceptors (Lipinski definition) is 8. The lowest BCUT2D eigenvalue weighted by molar-refractivity contribution is -0.384. The number of carbonyl (C=O) groups excluding carboxylic acids is 1. The molecule has 1 unspecified atom stereocenters. The Hall–Kier alpha value is -4.83. The number of rotatable bonds is 7. The summed E-state index contributed by atoms with van der Waals surface area (Å²) in [4.78, 5) is 42.3. The molecule has 0 fully saturated rings. The number of fused-ring (bicyclic) bond motifs is 1. The van der Waals surface area contributed by atoms with Crippen molar-refractivity contribution in [1.29, 1.82) is 0 Å². The van der Waals surface area contributed by atoms with Crippen LogP contribution in [0.5, 0.6) is 0 Å². The van der Waals surface area contributed by atoms with E-state index in [1.807, 2.05) is 30.3 Å². The standard InChI is InChI=1S/C28H21N3O6S/c1-3-14-36-27(33)24-17(2)29-28-30(25(24)18-8-5-4-6-9-18)26(32)23(38-28)16-21-12-13-22(37-21)19-10-7-11-20(15-19)31(34)35/h3-13,15-16,25H,1,14H2,2H3/b23-16+. The van der Waals surface area contributed by atoms with Crippen LogP contribution in [0.3, 0.4) is 0 Å². The van der Waals surface area contributed by atoms with Crippen LogP contribution in [0, 0.1) is 10.1 Å². The third-order valence-electron chi connectivity index (χ3n) is 5.93. The highest BCUT2D eigenvalue weighted by molar-refractivity contribution is 7.07. The van der Waals surface area contributed by atoms with Gasteiger partial charge < -0.3 is 9.15 Å². The van der Waals surface area contributed by atoms with Crippen molar-refractivity contribution in [3.8, 4) is 11.3 Å². The zero-order valence-corrected chi connectivity index (χ0v) is 21.0. The van der Waals surface area contributed by atoms with Gasteiger partial charge in [-0.1, -0.05) is 66.5 Å². The number of non-ortho nitro benzene ring substituents is 1. The van der Waals surface area contributed by atoms with Gasteiger partial charge in [0.1, 0.15) is 18.1 Å². The third-order valence-corrected chi connectivity index (χ3v) is 6.91. The van der Waals surface area contributed by atoms with Crippen LogP contribution in [-0.4, -0.2) is 22.1 Å². The van der Waals surface area contributed by atoms with Crippen molar-refractivity contribution in [3.63, 3.8) is 0 Å². The quantitative estimate of drug-likeness (QED) is 0.154. The highest BCUT2D eigenvalue weighted by Crippen LogP contribution is 2.30. The van der Waals surface area contributed by atoms with Crippen LogP contribution in [-0.2, 0) is 9.53 Å². The minimum atomic E-state index is -0.719. The van der Waals surface area contributed by atoms with Crippen molar-refractivity contribution in [2.24, 2.45) is 4.99 Å². The van der Waals surface area contributed by atoms with Gasteiger partial charge in [-0.3, -0.25) is 19.5 Å². The number of nitro groups is 1. The Morgan fingerprint density at radius 1 is 1.21 bits per heavy atom. The number of hydrogen-bond donors (Lipinski definition) is 0. The van der Waals surface area contributed by atoms with Gasteiger partial charge in [0.2, 0.25) is 0 Å². The van der Waals surface area contributed by atoms with Crippen molar-refractivity contribution < 1.29 is 18.9 Å². The van der Waals surface area contributed by atoms with Crippen molar-refractivity contribution in [3.05, 3.63) is 132 Å². The SMILES string of the molecule is C=CCOC(=O)C1=C(C)N=c2s/c(=C/c3ccc(-c4cccc([N+](=O)[O-])c4)o3)c(=O)n2C1c1ccccc1. The Labute approximate surface area is 220 Å². The maximum absolute atomic E-state index is 13.7. The number of aromatic nitrogens is 1. The van der Waals surface area contributed by atoms with Crippen LogP contribution >= 0.6 is 11.3 Å². The summed E-state index contributed by atoms with van der Waals surface area (Å²) < 4.78 is 13.1. The molecule has 9 nitrogen and oxygen atoms in total. The number of esters is 1.